The first-order chi connectivity index (χ1) is 10.1. The third-order valence-electron chi connectivity index (χ3n) is 3.46. The van der Waals surface area contributed by atoms with Crippen LogP contribution in [0.25, 0.3) is 0 Å². The van der Waals surface area contributed by atoms with Crippen LogP contribution < -0.4 is 5.32 Å². The first-order valence-electron chi connectivity index (χ1n) is 6.99. The summed E-state index contributed by atoms with van der Waals surface area (Å²) in [7, 11) is 0. The van der Waals surface area contributed by atoms with Gasteiger partial charge in [0.05, 0.1) is 5.69 Å². The third kappa shape index (κ3) is 4.15. The van der Waals surface area contributed by atoms with E-state index in [1.807, 2.05) is 13.8 Å². The summed E-state index contributed by atoms with van der Waals surface area (Å²) in [5, 5.41) is 6.66. The predicted octanol–water partition coefficient (Wildman–Crippen LogP) is 2.72. The fourth-order valence-corrected chi connectivity index (χ4v) is 2.22. The number of benzene rings is 1. The summed E-state index contributed by atoms with van der Waals surface area (Å²) in [4.78, 5) is 11.8. The molecule has 0 spiro atoms. The topological polar surface area (TPSA) is 55.1 Å². The summed E-state index contributed by atoms with van der Waals surface area (Å²) < 4.78 is 18.5. The molecule has 21 heavy (non-hydrogen) atoms. The molecule has 1 aromatic carbocycles. The number of nitrogens with zero attached hydrogens (tertiary/aromatic N) is 1. The Hall–Kier alpha value is -2.17. The average molecular weight is 290 g/mol. The Balaban J connectivity index is 1.74. The Morgan fingerprint density at radius 1 is 1.29 bits per heavy atom. The fourth-order valence-electron chi connectivity index (χ4n) is 2.22. The molecule has 0 fully saturated rings. The van der Waals surface area contributed by atoms with E-state index in [9.17, 15) is 9.18 Å². The van der Waals surface area contributed by atoms with Crippen LogP contribution in [0, 0.1) is 19.7 Å². The molecule has 0 atom stereocenters. The number of aryl methyl sites for hydroxylation is 2. The number of hydrogen-bond donors (Lipinski definition) is 1. The number of hydrogen-bond acceptors (Lipinski definition) is 3. The lowest BCUT2D eigenvalue weighted by atomic mass is 10.1. The van der Waals surface area contributed by atoms with Gasteiger partial charge in [0.2, 0.25) is 5.91 Å². The van der Waals surface area contributed by atoms with E-state index in [0.717, 1.165) is 17.0 Å². The van der Waals surface area contributed by atoms with Crippen molar-refractivity contribution in [2.24, 2.45) is 0 Å². The molecule has 0 radical (unpaired) electrons. The van der Waals surface area contributed by atoms with Crippen molar-refractivity contribution in [3.05, 3.63) is 52.7 Å². The molecule has 0 aliphatic rings. The second kappa shape index (κ2) is 7.02. The smallest absolute Gasteiger partial charge is 0.220 e. The maximum atomic E-state index is 13.4. The Morgan fingerprint density at radius 3 is 2.71 bits per heavy atom. The van der Waals surface area contributed by atoms with Crippen molar-refractivity contribution in [2.75, 3.05) is 6.54 Å². The van der Waals surface area contributed by atoms with Crippen molar-refractivity contribution < 1.29 is 13.7 Å². The van der Waals surface area contributed by atoms with Crippen LogP contribution in [-0.4, -0.2) is 17.6 Å². The highest BCUT2D eigenvalue weighted by atomic mass is 19.1. The summed E-state index contributed by atoms with van der Waals surface area (Å²) in [5.74, 6) is 0.473. The summed E-state index contributed by atoms with van der Waals surface area (Å²) >= 11 is 0. The van der Waals surface area contributed by atoms with Crippen molar-refractivity contribution in [3.8, 4) is 0 Å². The largest absolute Gasteiger partial charge is 0.361 e. The van der Waals surface area contributed by atoms with Gasteiger partial charge in [-0.1, -0.05) is 23.4 Å². The van der Waals surface area contributed by atoms with Gasteiger partial charge in [-0.05, 0) is 38.3 Å². The molecule has 0 saturated carbocycles. The minimum absolute atomic E-state index is 0.0497. The molecule has 1 heterocycles. The molecule has 1 aromatic heterocycles. The Morgan fingerprint density at radius 2 is 2.05 bits per heavy atom. The molecular weight excluding hydrogens is 271 g/mol. The van der Waals surface area contributed by atoms with Crippen LogP contribution in [0.2, 0.25) is 0 Å². The van der Waals surface area contributed by atoms with Gasteiger partial charge in [0.15, 0.2) is 0 Å². The van der Waals surface area contributed by atoms with Gasteiger partial charge in [0.25, 0.3) is 0 Å². The van der Waals surface area contributed by atoms with Gasteiger partial charge in [-0.3, -0.25) is 4.79 Å². The lowest BCUT2D eigenvalue weighted by molar-refractivity contribution is -0.121. The number of amides is 1. The van der Waals surface area contributed by atoms with E-state index >= 15 is 0 Å². The molecule has 0 bridgehead atoms. The molecule has 0 aliphatic heterocycles. The minimum Gasteiger partial charge on any atom is -0.361 e. The van der Waals surface area contributed by atoms with E-state index in [1.54, 1.807) is 18.2 Å². The molecule has 0 aliphatic carbocycles. The second-order valence-corrected chi connectivity index (χ2v) is 4.99. The van der Waals surface area contributed by atoms with Crippen molar-refractivity contribution in [1.29, 1.82) is 0 Å². The van der Waals surface area contributed by atoms with Gasteiger partial charge in [-0.15, -0.1) is 0 Å². The van der Waals surface area contributed by atoms with Gasteiger partial charge in [0.1, 0.15) is 11.6 Å². The van der Waals surface area contributed by atoms with Crippen LogP contribution in [0.15, 0.2) is 28.8 Å². The number of nitrogens with one attached hydrogen (secondary N) is 1. The first kappa shape index (κ1) is 15.2. The van der Waals surface area contributed by atoms with Crippen LogP contribution >= 0.6 is 0 Å². The molecular formula is C16H19FN2O2. The number of halogens is 1. The lowest BCUT2D eigenvalue weighted by Crippen LogP contribution is -2.26. The van der Waals surface area contributed by atoms with Gasteiger partial charge < -0.3 is 9.84 Å². The maximum Gasteiger partial charge on any atom is 0.220 e. The summed E-state index contributed by atoms with van der Waals surface area (Å²) in [5.41, 5.74) is 2.43. The highest BCUT2D eigenvalue weighted by Gasteiger charge is 2.11. The van der Waals surface area contributed by atoms with Crippen LogP contribution in [0.3, 0.4) is 0 Å². The van der Waals surface area contributed by atoms with E-state index in [-0.39, 0.29) is 11.7 Å². The summed E-state index contributed by atoms with van der Waals surface area (Å²) in [6.07, 6.45) is 1.47. The van der Waals surface area contributed by atoms with Gasteiger partial charge in [-0.2, -0.15) is 0 Å². The first-order valence-corrected chi connectivity index (χ1v) is 6.99. The van der Waals surface area contributed by atoms with Crippen molar-refractivity contribution in [2.45, 2.75) is 33.1 Å². The molecule has 0 saturated heterocycles. The SMILES string of the molecule is Cc1noc(C)c1CCC(=O)NCCc1ccccc1F. The van der Waals surface area contributed by atoms with Crippen LogP contribution in [0.5, 0.6) is 0 Å². The van der Waals surface area contributed by atoms with Crippen molar-refractivity contribution in [3.63, 3.8) is 0 Å². The fraction of sp³-hybridized carbons (Fsp3) is 0.375. The number of rotatable bonds is 6. The van der Waals surface area contributed by atoms with Crippen molar-refractivity contribution in [1.82, 2.24) is 10.5 Å². The molecule has 0 unspecified atom stereocenters. The van der Waals surface area contributed by atoms with Gasteiger partial charge in [-0.25, -0.2) is 4.39 Å². The van der Waals surface area contributed by atoms with Crippen LogP contribution in [-0.2, 0) is 17.6 Å². The highest BCUT2D eigenvalue weighted by Crippen LogP contribution is 2.14. The van der Waals surface area contributed by atoms with E-state index < -0.39 is 0 Å². The summed E-state index contributed by atoms with van der Waals surface area (Å²) in [6, 6.07) is 6.60. The third-order valence-corrected chi connectivity index (χ3v) is 3.46. The molecule has 5 heteroatoms. The summed E-state index contributed by atoms with van der Waals surface area (Å²) in [6.45, 7) is 4.13. The predicted molar refractivity (Wildman–Crippen MR) is 77.4 cm³/mol. The lowest BCUT2D eigenvalue weighted by Gasteiger charge is -2.06. The average Bonchev–Trinajstić information content (AvgIpc) is 2.78. The van der Waals surface area contributed by atoms with Gasteiger partial charge in [0, 0.05) is 18.5 Å². The second-order valence-electron chi connectivity index (χ2n) is 4.99. The van der Waals surface area contributed by atoms with E-state index in [2.05, 4.69) is 10.5 Å². The quantitative estimate of drug-likeness (QED) is 0.890. The molecule has 1 amide bonds. The molecule has 2 rings (SSSR count). The molecule has 112 valence electrons. The maximum absolute atomic E-state index is 13.4. The number of carbonyl (C=O) groups excluding carboxylic acids is 1. The Kier molecular flexibility index (Phi) is 5.09. The van der Waals surface area contributed by atoms with E-state index in [0.29, 0.717) is 31.4 Å². The van der Waals surface area contributed by atoms with E-state index in [4.69, 9.17) is 4.52 Å². The van der Waals surface area contributed by atoms with Crippen LogP contribution in [0.1, 0.15) is 29.0 Å². The monoisotopic (exact) mass is 290 g/mol. The highest BCUT2D eigenvalue weighted by molar-refractivity contribution is 5.76. The Bertz CT molecular complexity index is 603. The standard InChI is InChI=1S/C16H19FN2O2/c1-11-14(12(2)21-19-11)7-8-16(20)18-10-9-13-5-3-4-6-15(13)17/h3-6H,7-10H2,1-2H3,(H,18,20). The van der Waals surface area contributed by atoms with Crippen molar-refractivity contribution >= 4 is 5.91 Å². The zero-order valence-electron chi connectivity index (χ0n) is 12.3. The Labute approximate surface area is 123 Å². The normalized spacial score (nSPS) is 10.6. The van der Waals surface area contributed by atoms with Crippen LogP contribution in [0.4, 0.5) is 4.39 Å². The number of aromatic nitrogens is 1. The molecule has 2 aromatic rings. The van der Waals surface area contributed by atoms with Gasteiger partial charge >= 0.3 is 0 Å². The molecule has 1 N–H and O–H groups in total. The van der Waals surface area contributed by atoms with E-state index in [1.165, 1.54) is 6.07 Å². The molecule has 4 nitrogen and oxygen atoms in total. The minimum atomic E-state index is -0.234. The zero-order valence-corrected chi connectivity index (χ0v) is 12.3. The zero-order chi connectivity index (χ0) is 15.2. The number of carbonyl (C=O) groups is 1.